The van der Waals surface area contributed by atoms with Crippen LogP contribution in [-0.4, -0.2) is 47.3 Å². The molecule has 2 aromatic rings. The summed E-state index contributed by atoms with van der Waals surface area (Å²) >= 11 is 0. The van der Waals surface area contributed by atoms with Gasteiger partial charge >= 0.3 is 0 Å². The zero-order chi connectivity index (χ0) is 17.5. The van der Waals surface area contributed by atoms with Crippen LogP contribution in [0.25, 0.3) is 11.4 Å². The molecule has 0 spiro atoms. The highest BCUT2D eigenvalue weighted by atomic mass is 16.5. The summed E-state index contributed by atoms with van der Waals surface area (Å²) in [7, 11) is 0. The molecule has 0 bridgehead atoms. The van der Waals surface area contributed by atoms with E-state index in [0.29, 0.717) is 36.9 Å². The molecule has 0 aliphatic carbocycles. The zero-order valence-electron chi connectivity index (χ0n) is 14.7. The lowest BCUT2D eigenvalue weighted by Crippen LogP contribution is -2.35. The maximum Gasteiger partial charge on any atom is 0.226 e. The lowest BCUT2D eigenvalue weighted by atomic mass is 10.1. The van der Waals surface area contributed by atoms with Gasteiger partial charge in [0.15, 0.2) is 0 Å². The van der Waals surface area contributed by atoms with Crippen LogP contribution in [0.4, 0.5) is 0 Å². The van der Waals surface area contributed by atoms with Crippen LogP contribution in [0.1, 0.15) is 32.1 Å². The van der Waals surface area contributed by atoms with Crippen molar-refractivity contribution in [2.75, 3.05) is 26.3 Å². The van der Waals surface area contributed by atoms with Crippen molar-refractivity contribution in [3.63, 3.8) is 0 Å². The first kappa shape index (κ1) is 17.6. The molecular weight excluding hydrogens is 318 g/mol. The fourth-order valence-electron chi connectivity index (χ4n) is 3.06. The van der Waals surface area contributed by atoms with Gasteiger partial charge in [-0.3, -0.25) is 4.79 Å². The van der Waals surface area contributed by atoms with Crippen molar-refractivity contribution in [2.24, 2.45) is 5.92 Å². The Hall–Kier alpha value is -2.21. The molecule has 1 aliphatic rings. The van der Waals surface area contributed by atoms with Gasteiger partial charge in [0.25, 0.3) is 0 Å². The second-order valence-corrected chi connectivity index (χ2v) is 6.39. The molecule has 0 radical (unpaired) electrons. The van der Waals surface area contributed by atoms with Gasteiger partial charge < -0.3 is 14.2 Å². The third-order valence-electron chi connectivity index (χ3n) is 4.52. The number of carbonyl (C=O) groups is 1. The number of ether oxygens (including phenoxy) is 1. The molecule has 3 rings (SSSR count). The van der Waals surface area contributed by atoms with Crippen molar-refractivity contribution in [3.8, 4) is 11.4 Å². The topological polar surface area (TPSA) is 68.5 Å². The molecule has 1 fully saturated rings. The molecule has 1 unspecified atom stereocenters. The molecule has 1 aromatic heterocycles. The van der Waals surface area contributed by atoms with Gasteiger partial charge in [0.1, 0.15) is 0 Å². The van der Waals surface area contributed by atoms with Crippen molar-refractivity contribution in [1.29, 1.82) is 0 Å². The highest BCUT2D eigenvalue weighted by Crippen LogP contribution is 2.17. The fourth-order valence-corrected chi connectivity index (χ4v) is 3.06. The Labute approximate surface area is 148 Å². The summed E-state index contributed by atoms with van der Waals surface area (Å²) in [6.07, 6.45) is 2.89. The number of aromatic nitrogens is 2. The minimum absolute atomic E-state index is 0.192. The van der Waals surface area contributed by atoms with Crippen molar-refractivity contribution < 1.29 is 14.1 Å². The van der Waals surface area contributed by atoms with E-state index in [0.717, 1.165) is 38.3 Å². The maximum atomic E-state index is 12.4. The standard InChI is InChI=1S/C19H25N3O3/c1-2-22(13-15-11-12-24-14-15)18(23)10-6-9-17-20-19(21-25-17)16-7-4-3-5-8-16/h3-5,7-8,15H,2,6,9-14H2,1H3. The Morgan fingerprint density at radius 3 is 2.88 bits per heavy atom. The quantitative estimate of drug-likeness (QED) is 0.737. The van der Waals surface area contributed by atoms with Crippen molar-refractivity contribution in [1.82, 2.24) is 15.0 Å². The Morgan fingerprint density at radius 1 is 1.32 bits per heavy atom. The van der Waals surface area contributed by atoms with E-state index >= 15 is 0 Å². The Balaban J connectivity index is 1.45. The van der Waals surface area contributed by atoms with Crippen LogP contribution >= 0.6 is 0 Å². The minimum Gasteiger partial charge on any atom is -0.381 e. The molecule has 1 amide bonds. The molecule has 2 heterocycles. The third-order valence-corrected chi connectivity index (χ3v) is 4.52. The summed E-state index contributed by atoms with van der Waals surface area (Å²) in [5, 5.41) is 4.01. The second kappa shape index (κ2) is 8.76. The van der Waals surface area contributed by atoms with E-state index in [-0.39, 0.29) is 5.91 Å². The Kier molecular flexibility index (Phi) is 6.17. The van der Waals surface area contributed by atoms with Gasteiger partial charge in [-0.15, -0.1) is 0 Å². The second-order valence-electron chi connectivity index (χ2n) is 6.39. The van der Waals surface area contributed by atoms with Crippen LogP contribution in [0.3, 0.4) is 0 Å². The average Bonchev–Trinajstić information content (AvgIpc) is 3.32. The zero-order valence-corrected chi connectivity index (χ0v) is 14.7. The molecular formula is C19H25N3O3. The summed E-state index contributed by atoms with van der Waals surface area (Å²) in [5.74, 6) is 1.85. The highest BCUT2D eigenvalue weighted by molar-refractivity contribution is 5.76. The van der Waals surface area contributed by atoms with Crippen LogP contribution in [0.15, 0.2) is 34.9 Å². The highest BCUT2D eigenvalue weighted by Gasteiger charge is 2.21. The fraction of sp³-hybridized carbons (Fsp3) is 0.526. The smallest absolute Gasteiger partial charge is 0.226 e. The number of carbonyl (C=O) groups excluding carboxylic acids is 1. The van der Waals surface area contributed by atoms with Crippen molar-refractivity contribution in [3.05, 3.63) is 36.2 Å². The van der Waals surface area contributed by atoms with Crippen LogP contribution in [-0.2, 0) is 16.0 Å². The number of aryl methyl sites for hydroxylation is 1. The number of hydrogen-bond donors (Lipinski definition) is 0. The van der Waals surface area contributed by atoms with Gasteiger partial charge in [0.05, 0.1) is 6.61 Å². The van der Waals surface area contributed by atoms with Gasteiger partial charge in [-0.05, 0) is 19.8 Å². The Morgan fingerprint density at radius 2 is 2.16 bits per heavy atom. The maximum absolute atomic E-state index is 12.4. The average molecular weight is 343 g/mol. The van der Waals surface area contributed by atoms with Crippen LogP contribution in [0.2, 0.25) is 0 Å². The third kappa shape index (κ3) is 4.89. The summed E-state index contributed by atoms with van der Waals surface area (Å²) in [4.78, 5) is 18.7. The van der Waals surface area contributed by atoms with Crippen LogP contribution < -0.4 is 0 Å². The van der Waals surface area contributed by atoms with Crippen LogP contribution in [0.5, 0.6) is 0 Å². The SMILES string of the molecule is CCN(CC1CCOC1)C(=O)CCCc1nc(-c2ccccc2)no1. The lowest BCUT2D eigenvalue weighted by Gasteiger charge is -2.23. The van der Waals surface area contributed by atoms with Crippen LogP contribution in [0, 0.1) is 5.92 Å². The summed E-state index contributed by atoms with van der Waals surface area (Å²) < 4.78 is 10.7. The molecule has 6 heteroatoms. The predicted octanol–water partition coefficient (Wildman–Crippen LogP) is 2.94. The van der Waals surface area contributed by atoms with Gasteiger partial charge in [-0.25, -0.2) is 0 Å². The number of benzene rings is 1. The van der Waals surface area contributed by atoms with E-state index in [1.54, 1.807) is 0 Å². The van der Waals surface area contributed by atoms with E-state index in [4.69, 9.17) is 9.26 Å². The summed E-state index contributed by atoms with van der Waals surface area (Å²) in [6.45, 7) is 5.16. The summed E-state index contributed by atoms with van der Waals surface area (Å²) in [5.41, 5.74) is 0.935. The van der Waals surface area contributed by atoms with Crippen molar-refractivity contribution >= 4 is 5.91 Å². The molecule has 6 nitrogen and oxygen atoms in total. The molecule has 25 heavy (non-hydrogen) atoms. The first-order chi connectivity index (χ1) is 12.3. The van der Waals surface area contributed by atoms with E-state index < -0.39 is 0 Å². The Bertz CT molecular complexity index is 666. The lowest BCUT2D eigenvalue weighted by molar-refractivity contribution is -0.131. The molecule has 0 N–H and O–H groups in total. The van der Waals surface area contributed by atoms with E-state index in [9.17, 15) is 4.79 Å². The molecule has 1 atom stereocenters. The first-order valence-corrected chi connectivity index (χ1v) is 8.99. The van der Waals surface area contributed by atoms with E-state index in [1.165, 1.54) is 0 Å². The van der Waals surface area contributed by atoms with Gasteiger partial charge in [-0.1, -0.05) is 35.5 Å². The van der Waals surface area contributed by atoms with Crippen molar-refractivity contribution in [2.45, 2.75) is 32.6 Å². The van der Waals surface area contributed by atoms with E-state index in [1.807, 2.05) is 42.2 Å². The molecule has 1 aliphatic heterocycles. The van der Waals surface area contributed by atoms with Gasteiger partial charge in [-0.2, -0.15) is 4.98 Å². The molecule has 1 aromatic carbocycles. The number of rotatable bonds is 8. The molecule has 0 saturated carbocycles. The monoisotopic (exact) mass is 343 g/mol. The number of hydrogen-bond acceptors (Lipinski definition) is 5. The number of nitrogens with zero attached hydrogens (tertiary/aromatic N) is 3. The van der Waals surface area contributed by atoms with Gasteiger partial charge in [0, 0.05) is 44.0 Å². The normalized spacial score (nSPS) is 16.9. The van der Waals surface area contributed by atoms with E-state index in [2.05, 4.69) is 10.1 Å². The summed E-state index contributed by atoms with van der Waals surface area (Å²) in [6, 6.07) is 9.73. The molecule has 134 valence electrons. The number of amides is 1. The first-order valence-electron chi connectivity index (χ1n) is 8.99. The predicted molar refractivity (Wildman–Crippen MR) is 93.9 cm³/mol. The van der Waals surface area contributed by atoms with Gasteiger partial charge in [0.2, 0.25) is 17.6 Å². The largest absolute Gasteiger partial charge is 0.381 e. The molecule has 1 saturated heterocycles. The minimum atomic E-state index is 0.192.